The molecule has 1 aliphatic rings. The zero-order valence-corrected chi connectivity index (χ0v) is 18.4. The van der Waals surface area contributed by atoms with Crippen LogP contribution in [0.1, 0.15) is 23.6 Å². The van der Waals surface area contributed by atoms with Gasteiger partial charge in [0.1, 0.15) is 18.2 Å². The van der Waals surface area contributed by atoms with E-state index in [1.54, 1.807) is 24.3 Å². The monoisotopic (exact) mass is 465 g/mol. The van der Waals surface area contributed by atoms with Crippen LogP contribution in [0, 0.1) is 11.6 Å². The molecule has 4 rings (SSSR count). The van der Waals surface area contributed by atoms with Crippen molar-refractivity contribution in [2.45, 2.75) is 25.1 Å². The summed E-state index contributed by atoms with van der Waals surface area (Å²) < 4.78 is 32.5. The van der Waals surface area contributed by atoms with Crippen LogP contribution in [0.5, 0.6) is 0 Å². The fraction of sp³-hybridized carbons (Fsp3) is 0.231. The molecule has 0 radical (unpaired) electrons. The average molecular weight is 466 g/mol. The first kappa shape index (κ1) is 23.2. The minimum atomic E-state index is -0.546. The van der Waals surface area contributed by atoms with Gasteiger partial charge in [0.15, 0.2) is 0 Å². The molecule has 1 heterocycles. The summed E-state index contributed by atoms with van der Waals surface area (Å²) in [5.41, 5.74) is 2.18. The van der Waals surface area contributed by atoms with Gasteiger partial charge >= 0.3 is 6.09 Å². The number of benzene rings is 3. The SMILES string of the molecule is O=C1CCN(C(=O)OCc2ccccc2)CC(C(Nc2ccc(F)cc2)c2ccc(F)cc2)N1. The quantitative estimate of drug-likeness (QED) is 0.556. The predicted octanol–water partition coefficient (Wildman–Crippen LogP) is 4.65. The molecule has 0 aromatic heterocycles. The molecule has 0 bridgehead atoms. The van der Waals surface area contributed by atoms with Crippen molar-refractivity contribution in [3.05, 3.63) is 102 Å². The molecule has 6 nitrogen and oxygen atoms in total. The number of amides is 2. The zero-order chi connectivity index (χ0) is 23.9. The first-order chi connectivity index (χ1) is 16.5. The molecule has 2 atom stereocenters. The molecular formula is C26H25F2N3O3. The predicted molar refractivity (Wildman–Crippen MR) is 124 cm³/mol. The van der Waals surface area contributed by atoms with E-state index in [0.29, 0.717) is 11.3 Å². The molecule has 1 fully saturated rings. The van der Waals surface area contributed by atoms with Crippen LogP contribution in [0.2, 0.25) is 0 Å². The number of nitrogens with one attached hydrogen (secondary N) is 2. The fourth-order valence-electron chi connectivity index (χ4n) is 3.87. The van der Waals surface area contributed by atoms with E-state index in [1.807, 2.05) is 30.3 Å². The molecule has 8 heteroatoms. The molecule has 34 heavy (non-hydrogen) atoms. The second-order valence-corrected chi connectivity index (χ2v) is 8.09. The van der Waals surface area contributed by atoms with Crippen LogP contribution in [0.15, 0.2) is 78.9 Å². The highest BCUT2D eigenvalue weighted by Gasteiger charge is 2.32. The number of carbonyl (C=O) groups is 2. The van der Waals surface area contributed by atoms with Crippen LogP contribution in [-0.2, 0) is 16.1 Å². The number of anilines is 1. The molecule has 1 aliphatic heterocycles. The van der Waals surface area contributed by atoms with E-state index in [4.69, 9.17) is 4.74 Å². The van der Waals surface area contributed by atoms with Gasteiger partial charge in [-0.25, -0.2) is 13.6 Å². The molecule has 3 aromatic carbocycles. The van der Waals surface area contributed by atoms with E-state index in [0.717, 1.165) is 5.56 Å². The first-order valence-corrected chi connectivity index (χ1v) is 11.0. The number of hydrogen-bond donors (Lipinski definition) is 2. The number of rotatable bonds is 6. The van der Waals surface area contributed by atoms with E-state index in [1.165, 1.54) is 29.2 Å². The molecule has 0 aliphatic carbocycles. The Morgan fingerprint density at radius 1 is 1.00 bits per heavy atom. The Hall–Kier alpha value is -3.94. The van der Waals surface area contributed by atoms with E-state index in [2.05, 4.69) is 10.6 Å². The second kappa shape index (κ2) is 10.8. The smallest absolute Gasteiger partial charge is 0.410 e. The largest absolute Gasteiger partial charge is 0.445 e. The maximum absolute atomic E-state index is 13.6. The fourth-order valence-corrected chi connectivity index (χ4v) is 3.87. The summed E-state index contributed by atoms with van der Waals surface area (Å²) in [5.74, 6) is -0.976. The van der Waals surface area contributed by atoms with E-state index >= 15 is 0 Å². The van der Waals surface area contributed by atoms with Crippen LogP contribution < -0.4 is 10.6 Å². The van der Waals surface area contributed by atoms with Crippen molar-refractivity contribution in [3.8, 4) is 0 Å². The Bertz CT molecular complexity index is 1110. The van der Waals surface area contributed by atoms with Crippen molar-refractivity contribution < 1.29 is 23.1 Å². The Balaban J connectivity index is 1.55. The average Bonchev–Trinajstić information content (AvgIpc) is 3.05. The molecule has 2 N–H and O–H groups in total. The lowest BCUT2D eigenvalue weighted by molar-refractivity contribution is -0.121. The Labute approximate surface area is 196 Å². The van der Waals surface area contributed by atoms with Gasteiger partial charge in [-0.2, -0.15) is 0 Å². The van der Waals surface area contributed by atoms with Gasteiger partial charge in [-0.05, 0) is 47.5 Å². The van der Waals surface area contributed by atoms with E-state index in [-0.39, 0.29) is 43.7 Å². The lowest BCUT2D eigenvalue weighted by atomic mass is 9.98. The van der Waals surface area contributed by atoms with Crippen LogP contribution >= 0.6 is 0 Å². The second-order valence-electron chi connectivity index (χ2n) is 8.09. The van der Waals surface area contributed by atoms with Gasteiger partial charge in [-0.3, -0.25) is 4.79 Å². The van der Waals surface area contributed by atoms with Gasteiger partial charge < -0.3 is 20.3 Å². The van der Waals surface area contributed by atoms with E-state index in [9.17, 15) is 18.4 Å². The minimum Gasteiger partial charge on any atom is -0.445 e. The lowest BCUT2D eigenvalue weighted by Gasteiger charge is -2.31. The van der Waals surface area contributed by atoms with Crippen molar-refractivity contribution >= 4 is 17.7 Å². The molecular weight excluding hydrogens is 440 g/mol. The maximum atomic E-state index is 13.6. The number of hydrogen-bond acceptors (Lipinski definition) is 4. The molecule has 1 saturated heterocycles. The highest BCUT2D eigenvalue weighted by atomic mass is 19.1. The molecule has 2 unspecified atom stereocenters. The molecule has 0 saturated carbocycles. The van der Waals surface area contributed by atoms with Crippen molar-refractivity contribution in [1.29, 1.82) is 0 Å². The number of ether oxygens (including phenoxy) is 1. The third kappa shape index (κ3) is 6.10. The van der Waals surface area contributed by atoms with Gasteiger partial charge in [0.25, 0.3) is 0 Å². The van der Waals surface area contributed by atoms with Crippen molar-refractivity contribution in [2.24, 2.45) is 0 Å². The number of halogens is 2. The summed E-state index contributed by atoms with van der Waals surface area (Å²) in [6, 6.07) is 20.0. The highest BCUT2D eigenvalue weighted by molar-refractivity contribution is 5.78. The summed E-state index contributed by atoms with van der Waals surface area (Å²) in [7, 11) is 0. The van der Waals surface area contributed by atoms with Gasteiger partial charge in [0.05, 0.1) is 12.1 Å². The van der Waals surface area contributed by atoms with Crippen molar-refractivity contribution in [2.75, 3.05) is 18.4 Å². The lowest BCUT2D eigenvalue weighted by Crippen LogP contribution is -2.47. The third-order valence-electron chi connectivity index (χ3n) is 5.63. The normalized spacial score (nSPS) is 16.8. The minimum absolute atomic E-state index is 0.122. The zero-order valence-electron chi connectivity index (χ0n) is 18.4. The molecule has 3 aromatic rings. The maximum Gasteiger partial charge on any atom is 0.410 e. The summed E-state index contributed by atoms with van der Waals surface area (Å²) in [4.78, 5) is 26.8. The first-order valence-electron chi connectivity index (χ1n) is 11.0. The standard InChI is InChI=1S/C26H25F2N3O3/c27-20-8-6-19(7-9-20)25(29-22-12-10-21(28)11-13-22)23-16-31(15-14-24(32)30-23)26(33)34-17-18-4-2-1-3-5-18/h1-13,23,25,29H,14-17H2,(H,30,32). The molecule has 0 spiro atoms. The van der Waals surface area contributed by atoms with Crippen LogP contribution in [-0.4, -0.2) is 36.0 Å². The van der Waals surface area contributed by atoms with Gasteiger partial charge in [-0.15, -0.1) is 0 Å². The topological polar surface area (TPSA) is 70.7 Å². The van der Waals surface area contributed by atoms with Crippen LogP contribution in [0.3, 0.4) is 0 Å². The van der Waals surface area contributed by atoms with E-state index < -0.39 is 18.2 Å². The van der Waals surface area contributed by atoms with Crippen molar-refractivity contribution in [1.82, 2.24) is 10.2 Å². The highest BCUT2D eigenvalue weighted by Crippen LogP contribution is 2.26. The van der Waals surface area contributed by atoms with Gasteiger partial charge in [-0.1, -0.05) is 42.5 Å². The molecule has 2 amide bonds. The number of nitrogens with zero attached hydrogens (tertiary/aromatic N) is 1. The number of carbonyl (C=O) groups excluding carboxylic acids is 2. The summed E-state index contributed by atoms with van der Waals surface area (Å²) in [5, 5.41) is 6.26. The van der Waals surface area contributed by atoms with Crippen LogP contribution in [0.25, 0.3) is 0 Å². The van der Waals surface area contributed by atoms with Gasteiger partial charge in [0.2, 0.25) is 5.91 Å². The summed E-state index contributed by atoms with van der Waals surface area (Å²) in [6.45, 7) is 0.510. The summed E-state index contributed by atoms with van der Waals surface area (Å²) >= 11 is 0. The summed E-state index contributed by atoms with van der Waals surface area (Å²) in [6.07, 6.45) is -0.395. The Kier molecular flexibility index (Phi) is 7.37. The Morgan fingerprint density at radius 2 is 1.65 bits per heavy atom. The molecule has 176 valence electrons. The Morgan fingerprint density at radius 3 is 2.32 bits per heavy atom. The third-order valence-corrected chi connectivity index (χ3v) is 5.63. The van der Waals surface area contributed by atoms with Crippen LogP contribution in [0.4, 0.5) is 19.3 Å². The van der Waals surface area contributed by atoms with Crippen molar-refractivity contribution in [3.63, 3.8) is 0 Å². The van der Waals surface area contributed by atoms with Gasteiger partial charge in [0, 0.05) is 25.2 Å².